The van der Waals surface area contributed by atoms with Gasteiger partial charge in [0.15, 0.2) is 0 Å². The Bertz CT molecular complexity index is 465. The highest BCUT2D eigenvalue weighted by Crippen LogP contribution is 2.16. The fraction of sp³-hybridized carbons (Fsp3) is 0.919. The summed E-state index contributed by atoms with van der Waals surface area (Å²) in [5.74, 6) is 0.351. The zero-order valence-corrected chi connectivity index (χ0v) is 26.7. The van der Waals surface area contributed by atoms with E-state index in [1.54, 1.807) is 6.92 Å². The molecule has 0 saturated carbocycles. The first-order valence-corrected chi connectivity index (χ1v) is 17.9. The summed E-state index contributed by atoms with van der Waals surface area (Å²) < 4.78 is 0. The summed E-state index contributed by atoms with van der Waals surface area (Å²) in [6.45, 7) is 4.00. The number of hydrogen-bond donors (Lipinski definition) is 0. The Balaban J connectivity index is 3.06. The number of Topliss-reactive ketones (excluding diaryl/α,β-unsaturated/α-hetero) is 1. The zero-order valence-electron chi connectivity index (χ0n) is 26.7. The van der Waals surface area contributed by atoms with E-state index in [4.69, 9.17) is 0 Å². The van der Waals surface area contributed by atoms with Gasteiger partial charge < -0.3 is 4.79 Å². The summed E-state index contributed by atoms with van der Waals surface area (Å²) in [5, 5.41) is 0. The number of carbonyl (C=O) groups excluding carboxylic acids is 1. The minimum atomic E-state index is 0.351. The molecule has 0 radical (unpaired) electrons. The summed E-state index contributed by atoms with van der Waals surface area (Å²) in [4.78, 5) is 10.9. The molecule has 0 aliphatic heterocycles. The summed E-state index contributed by atoms with van der Waals surface area (Å²) in [5.41, 5.74) is 0. The van der Waals surface area contributed by atoms with Crippen molar-refractivity contribution >= 4 is 5.78 Å². The molecule has 0 aromatic carbocycles. The van der Waals surface area contributed by atoms with Gasteiger partial charge >= 0.3 is 0 Å². The molecule has 0 aliphatic carbocycles. The Morgan fingerprint density at radius 1 is 0.368 bits per heavy atom. The van der Waals surface area contributed by atoms with Gasteiger partial charge in [0.25, 0.3) is 0 Å². The van der Waals surface area contributed by atoms with Crippen molar-refractivity contribution in [2.45, 2.75) is 219 Å². The molecule has 0 amide bonds. The molecular formula is C37H72O. The Kier molecular flexibility index (Phi) is 33.9. The van der Waals surface area contributed by atoms with Gasteiger partial charge in [-0.05, 0) is 39.0 Å². The highest BCUT2D eigenvalue weighted by atomic mass is 16.1. The molecule has 38 heavy (non-hydrogen) atoms. The maximum absolute atomic E-state index is 10.9. The van der Waals surface area contributed by atoms with E-state index < -0.39 is 0 Å². The normalized spacial score (nSPS) is 11.6. The van der Waals surface area contributed by atoms with Gasteiger partial charge in [0.1, 0.15) is 5.78 Å². The molecule has 0 aliphatic rings. The predicted molar refractivity (Wildman–Crippen MR) is 173 cm³/mol. The average Bonchev–Trinajstić information content (AvgIpc) is 2.91. The smallest absolute Gasteiger partial charge is 0.129 e. The van der Waals surface area contributed by atoms with Gasteiger partial charge in [0, 0.05) is 6.42 Å². The molecule has 0 fully saturated rings. The molecule has 0 spiro atoms. The van der Waals surface area contributed by atoms with Crippen molar-refractivity contribution < 1.29 is 4.79 Å². The number of ketones is 1. The summed E-state index contributed by atoms with van der Waals surface area (Å²) in [6, 6.07) is 0. The van der Waals surface area contributed by atoms with Gasteiger partial charge in [-0.15, -0.1) is 0 Å². The molecule has 0 N–H and O–H groups in total. The van der Waals surface area contributed by atoms with E-state index in [2.05, 4.69) is 19.1 Å². The number of rotatable bonds is 33. The van der Waals surface area contributed by atoms with Crippen LogP contribution in [-0.2, 0) is 4.79 Å². The van der Waals surface area contributed by atoms with Crippen LogP contribution in [0.15, 0.2) is 12.2 Å². The second kappa shape index (κ2) is 34.4. The van der Waals surface area contributed by atoms with Crippen molar-refractivity contribution in [3.63, 3.8) is 0 Å². The van der Waals surface area contributed by atoms with Crippen LogP contribution < -0.4 is 0 Å². The first kappa shape index (κ1) is 37.4. The Labute approximate surface area is 241 Å². The van der Waals surface area contributed by atoms with E-state index in [-0.39, 0.29) is 0 Å². The van der Waals surface area contributed by atoms with Crippen LogP contribution in [0, 0.1) is 0 Å². The predicted octanol–water partition coefficient (Wildman–Crippen LogP) is 13.6. The zero-order chi connectivity index (χ0) is 27.6. The lowest BCUT2D eigenvalue weighted by atomic mass is 10.0. The molecule has 0 rings (SSSR count). The van der Waals surface area contributed by atoms with E-state index in [0.29, 0.717) is 5.78 Å². The summed E-state index contributed by atoms with van der Waals surface area (Å²) in [7, 11) is 0. The number of allylic oxidation sites excluding steroid dienone is 2. The Morgan fingerprint density at radius 2 is 0.605 bits per heavy atom. The van der Waals surface area contributed by atoms with Crippen molar-refractivity contribution in [2.24, 2.45) is 0 Å². The molecule has 0 bridgehead atoms. The van der Waals surface area contributed by atoms with Crippen LogP contribution in [0.2, 0.25) is 0 Å². The number of hydrogen-bond acceptors (Lipinski definition) is 1. The van der Waals surface area contributed by atoms with E-state index in [1.165, 1.54) is 193 Å². The molecular weight excluding hydrogens is 460 g/mol. The van der Waals surface area contributed by atoms with Crippen molar-refractivity contribution in [2.75, 3.05) is 0 Å². The largest absolute Gasteiger partial charge is 0.300 e. The minimum absolute atomic E-state index is 0.351. The molecule has 1 heteroatoms. The third-order valence-electron chi connectivity index (χ3n) is 8.29. The van der Waals surface area contributed by atoms with Gasteiger partial charge in [-0.2, -0.15) is 0 Å². The molecule has 0 saturated heterocycles. The standard InChI is InChI=1S/C37H72O/c1-3-4-5-6-7-8-9-10-11-12-13-14-15-16-17-18-19-20-21-22-23-24-25-26-27-28-29-30-31-32-33-34-35-36-37(2)38/h10-11H,3-9,12-36H2,1-2H3. The van der Waals surface area contributed by atoms with Gasteiger partial charge in [0.05, 0.1) is 0 Å². The third kappa shape index (κ3) is 35.4. The fourth-order valence-electron chi connectivity index (χ4n) is 5.63. The van der Waals surface area contributed by atoms with E-state index in [0.717, 1.165) is 12.8 Å². The molecule has 0 aromatic heterocycles. The highest BCUT2D eigenvalue weighted by Gasteiger charge is 1.97. The number of carbonyl (C=O) groups is 1. The van der Waals surface area contributed by atoms with Gasteiger partial charge in [-0.3, -0.25) is 0 Å². The van der Waals surface area contributed by atoms with Gasteiger partial charge in [-0.1, -0.05) is 186 Å². The lowest BCUT2D eigenvalue weighted by Crippen LogP contribution is -1.89. The Hall–Kier alpha value is -0.590. The molecule has 1 nitrogen and oxygen atoms in total. The summed E-state index contributed by atoms with van der Waals surface area (Å²) >= 11 is 0. The van der Waals surface area contributed by atoms with Crippen molar-refractivity contribution in [3.8, 4) is 0 Å². The first-order chi connectivity index (χ1) is 18.8. The second-order valence-corrected chi connectivity index (χ2v) is 12.4. The maximum atomic E-state index is 10.9. The van der Waals surface area contributed by atoms with Crippen LogP contribution >= 0.6 is 0 Å². The molecule has 226 valence electrons. The first-order valence-electron chi connectivity index (χ1n) is 17.9. The van der Waals surface area contributed by atoms with E-state index >= 15 is 0 Å². The van der Waals surface area contributed by atoms with Crippen LogP contribution in [-0.4, -0.2) is 5.78 Å². The van der Waals surface area contributed by atoms with Gasteiger partial charge in [0.2, 0.25) is 0 Å². The average molecular weight is 533 g/mol. The third-order valence-corrected chi connectivity index (χ3v) is 8.29. The molecule has 0 unspecified atom stereocenters. The van der Waals surface area contributed by atoms with Crippen molar-refractivity contribution in [1.82, 2.24) is 0 Å². The lowest BCUT2D eigenvalue weighted by Gasteiger charge is -2.04. The maximum Gasteiger partial charge on any atom is 0.129 e. The van der Waals surface area contributed by atoms with Crippen LogP contribution in [0.4, 0.5) is 0 Å². The quantitative estimate of drug-likeness (QED) is 0.0606. The van der Waals surface area contributed by atoms with Crippen LogP contribution in [0.1, 0.15) is 219 Å². The summed E-state index contributed by atoms with van der Waals surface area (Å²) in [6.07, 6.45) is 49.4. The van der Waals surface area contributed by atoms with E-state index in [1.807, 2.05) is 0 Å². The van der Waals surface area contributed by atoms with Crippen LogP contribution in [0.25, 0.3) is 0 Å². The highest BCUT2D eigenvalue weighted by molar-refractivity contribution is 5.75. The second-order valence-electron chi connectivity index (χ2n) is 12.4. The lowest BCUT2D eigenvalue weighted by molar-refractivity contribution is -0.117. The topological polar surface area (TPSA) is 17.1 Å². The molecule has 0 atom stereocenters. The Morgan fingerprint density at radius 3 is 0.868 bits per heavy atom. The minimum Gasteiger partial charge on any atom is -0.300 e. The number of unbranched alkanes of at least 4 members (excludes halogenated alkanes) is 29. The molecule has 0 aromatic rings. The van der Waals surface area contributed by atoms with Crippen molar-refractivity contribution in [1.29, 1.82) is 0 Å². The van der Waals surface area contributed by atoms with Crippen LogP contribution in [0.3, 0.4) is 0 Å². The molecule has 0 heterocycles. The fourth-order valence-corrected chi connectivity index (χ4v) is 5.63. The monoisotopic (exact) mass is 533 g/mol. The van der Waals surface area contributed by atoms with E-state index in [9.17, 15) is 4.79 Å². The van der Waals surface area contributed by atoms with Crippen molar-refractivity contribution in [3.05, 3.63) is 12.2 Å². The van der Waals surface area contributed by atoms with Gasteiger partial charge in [-0.25, -0.2) is 0 Å². The van der Waals surface area contributed by atoms with Crippen LogP contribution in [0.5, 0.6) is 0 Å². The SMILES string of the molecule is CCCCCCCCC=CCCCCCCCCCCCCCCCCCCCCCCCCCC(C)=O.